The molecule has 2 aromatic rings. The molecular weight excluding hydrogens is 214 g/mol. The van der Waals surface area contributed by atoms with Gasteiger partial charge in [0, 0.05) is 11.8 Å². The number of phenols is 2. The zero-order valence-corrected chi connectivity index (χ0v) is 9.80. The maximum atomic E-state index is 8.85. The van der Waals surface area contributed by atoms with Crippen molar-refractivity contribution in [1.82, 2.24) is 0 Å². The molecule has 0 saturated heterocycles. The predicted octanol–water partition coefficient (Wildman–Crippen LogP) is 2.93. The summed E-state index contributed by atoms with van der Waals surface area (Å²) in [5.74, 6) is 0.553. The third-order valence-electron chi connectivity index (χ3n) is 2.21. The van der Waals surface area contributed by atoms with Crippen molar-refractivity contribution < 1.29 is 10.2 Å². The molecule has 0 spiro atoms. The molecule has 0 saturated carbocycles. The molecule has 0 fully saturated rings. The van der Waals surface area contributed by atoms with E-state index in [0.29, 0.717) is 11.4 Å². The molecule has 0 radical (unpaired) electrons. The summed E-state index contributed by atoms with van der Waals surface area (Å²) in [5, 5.41) is 17.6. The number of hydrogen-bond donors (Lipinski definition) is 3. The van der Waals surface area contributed by atoms with E-state index in [0.717, 1.165) is 6.42 Å². The minimum Gasteiger partial charge on any atom is -0.508 e. The van der Waals surface area contributed by atoms with Gasteiger partial charge in [-0.2, -0.15) is 0 Å². The third kappa shape index (κ3) is 4.93. The van der Waals surface area contributed by atoms with Crippen molar-refractivity contribution in [3.8, 4) is 11.5 Å². The highest BCUT2D eigenvalue weighted by molar-refractivity contribution is 5.42. The van der Waals surface area contributed by atoms with Crippen LogP contribution in [0.3, 0.4) is 0 Å². The fourth-order valence-electron chi connectivity index (χ4n) is 1.26. The molecule has 2 rings (SSSR count). The van der Waals surface area contributed by atoms with Crippen LogP contribution in [0.2, 0.25) is 0 Å². The van der Waals surface area contributed by atoms with Crippen molar-refractivity contribution in [1.29, 1.82) is 0 Å². The molecule has 2 aromatic carbocycles. The van der Waals surface area contributed by atoms with Crippen LogP contribution in [0.5, 0.6) is 11.5 Å². The van der Waals surface area contributed by atoms with Gasteiger partial charge in [0.05, 0.1) is 0 Å². The number of rotatable bonds is 1. The molecule has 90 valence electrons. The Bertz CT molecular complexity index is 435. The van der Waals surface area contributed by atoms with Crippen LogP contribution >= 0.6 is 0 Å². The molecule has 0 unspecified atom stereocenters. The van der Waals surface area contributed by atoms with Crippen molar-refractivity contribution in [3.05, 3.63) is 54.1 Å². The highest BCUT2D eigenvalue weighted by Crippen LogP contribution is 2.11. The Morgan fingerprint density at radius 3 is 2.00 bits per heavy atom. The van der Waals surface area contributed by atoms with Crippen LogP contribution in [0.4, 0.5) is 5.69 Å². The average molecular weight is 231 g/mol. The maximum Gasteiger partial charge on any atom is 0.117 e. The maximum absolute atomic E-state index is 8.85. The van der Waals surface area contributed by atoms with Crippen molar-refractivity contribution in [2.45, 2.75) is 13.3 Å². The van der Waals surface area contributed by atoms with Crippen LogP contribution in [0.15, 0.2) is 48.5 Å². The van der Waals surface area contributed by atoms with E-state index in [-0.39, 0.29) is 5.75 Å². The topological polar surface area (TPSA) is 66.5 Å². The van der Waals surface area contributed by atoms with E-state index >= 15 is 0 Å². The second kappa shape index (κ2) is 6.43. The smallest absolute Gasteiger partial charge is 0.117 e. The first-order valence-electron chi connectivity index (χ1n) is 5.44. The average Bonchev–Trinajstić information content (AvgIpc) is 2.30. The number of aryl methyl sites for hydroxylation is 1. The first kappa shape index (κ1) is 12.9. The number of hydrogen-bond acceptors (Lipinski definition) is 3. The third-order valence-corrected chi connectivity index (χ3v) is 2.21. The van der Waals surface area contributed by atoms with Crippen molar-refractivity contribution in [3.63, 3.8) is 0 Å². The van der Waals surface area contributed by atoms with Gasteiger partial charge in [-0.05, 0) is 36.2 Å². The summed E-state index contributed by atoms with van der Waals surface area (Å²) in [6, 6.07) is 13.8. The normalized spacial score (nSPS) is 9.24. The molecule has 4 N–H and O–H groups in total. The van der Waals surface area contributed by atoms with Gasteiger partial charge in [0.25, 0.3) is 0 Å². The monoisotopic (exact) mass is 231 g/mol. The highest BCUT2D eigenvalue weighted by atomic mass is 16.3. The second-order valence-corrected chi connectivity index (χ2v) is 3.61. The Kier molecular flexibility index (Phi) is 4.88. The summed E-state index contributed by atoms with van der Waals surface area (Å²) in [6.45, 7) is 2.09. The Hall–Kier alpha value is -2.16. The zero-order chi connectivity index (χ0) is 12.7. The summed E-state index contributed by atoms with van der Waals surface area (Å²) in [7, 11) is 0. The minimum atomic E-state index is 0.213. The molecule has 0 bridgehead atoms. The van der Waals surface area contributed by atoms with Crippen LogP contribution in [0.1, 0.15) is 12.5 Å². The number of anilines is 1. The van der Waals surface area contributed by atoms with Crippen molar-refractivity contribution >= 4 is 5.69 Å². The van der Waals surface area contributed by atoms with Gasteiger partial charge in [-0.3, -0.25) is 0 Å². The van der Waals surface area contributed by atoms with E-state index in [1.54, 1.807) is 30.3 Å². The van der Waals surface area contributed by atoms with Crippen LogP contribution in [0.25, 0.3) is 0 Å². The highest BCUT2D eigenvalue weighted by Gasteiger charge is 1.86. The number of nitrogens with two attached hydrogens (primary N) is 1. The fourth-order valence-corrected chi connectivity index (χ4v) is 1.26. The van der Waals surface area contributed by atoms with Gasteiger partial charge < -0.3 is 15.9 Å². The lowest BCUT2D eigenvalue weighted by Gasteiger charge is -1.93. The van der Waals surface area contributed by atoms with E-state index in [4.69, 9.17) is 15.9 Å². The van der Waals surface area contributed by atoms with Crippen LogP contribution in [-0.2, 0) is 6.42 Å². The number of aromatic hydroxyl groups is 2. The Morgan fingerprint density at radius 1 is 0.941 bits per heavy atom. The van der Waals surface area contributed by atoms with Gasteiger partial charge in [0.1, 0.15) is 11.5 Å². The number of phenolic OH excluding ortho intramolecular Hbond substituents is 2. The lowest BCUT2D eigenvalue weighted by atomic mass is 10.2. The molecule has 0 amide bonds. The van der Waals surface area contributed by atoms with E-state index < -0.39 is 0 Å². The molecule has 0 heterocycles. The van der Waals surface area contributed by atoms with Gasteiger partial charge in [0.15, 0.2) is 0 Å². The molecule has 3 heteroatoms. The Balaban J connectivity index is 0.000000171. The van der Waals surface area contributed by atoms with Crippen LogP contribution < -0.4 is 5.73 Å². The minimum absolute atomic E-state index is 0.213. The van der Waals surface area contributed by atoms with Gasteiger partial charge >= 0.3 is 0 Å². The first-order chi connectivity index (χ1) is 8.11. The summed E-state index contributed by atoms with van der Waals surface area (Å²) in [4.78, 5) is 0. The lowest BCUT2D eigenvalue weighted by Crippen LogP contribution is -1.80. The van der Waals surface area contributed by atoms with Gasteiger partial charge in [-0.1, -0.05) is 25.1 Å². The molecule has 0 aliphatic carbocycles. The van der Waals surface area contributed by atoms with Gasteiger partial charge in [0.2, 0.25) is 0 Å². The van der Waals surface area contributed by atoms with E-state index in [1.165, 1.54) is 11.6 Å². The second-order valence-electron chi connectivity index (χ2n) is 3.61. The predicted molar refractivity (Wildman–Crippen MR) is 70.0 cm³/mol. The van der Waals surface area contributed by atoms with E-state index in [9.17, 15) is 0 Å². The Morgan fingerprint density at radius 2 is 1.59 bits per heavy atom. The number of nitrogen functional groups attached to an aromatic ring is 1. The molecular formula is C14H17NO2. The molecule has 0 aliphatic rings. The largest absolute Gasteiger partial charge is 0.508 e. The summed E-state index contributed by atoms with van der Waals surface area (Å²) in [5.41, 5.74) is 7.14. The first-order valence-corrected chi connectivity index (χ1v) is 5.44. The molecule has 0 aromatic heterocycles. The van der Waals surface area contributed by atoms with Gasteiger partial charge in [-0.25, -0.2) is 0 Å². The van der Waals surface area contributed by atoms with Gasteiger partial charge in [-0.15, -0.1) is 0 Å². The van der Waals surface area contributed by atoms with Crippen molar-refractivity contribution in [2.24, 2.45) is 0 Å². The molecule has 0 aliphatic heterocycles. The van der Waals surface area contributed by atoms with E-state index in [1.807, 2.05) is 12.1 Å². The standard InChI is InChI=1S/C8H10O.C6H7NO/c1-2-7-3-5-8(9)6-4-7;7-5-2-1-3-6(8)4-5/h3-6,9H,2H2,1H3;1-4,8H,7H2. The molecule has 3 nitrogen and oxygen atoms in total. The number of benzene rings is 2. The summed E-state index contributed by atoms with van der Waals surface area (Å²) in [6.07, 6.45) is 1.03. The van der Waals surface area contributed by atoms with Crippen molar-refractivity contribution in [2.75, 3.05) is 5.73 Å². The molecule has 17 heavy (non-hydrogen) atoms. The Labute approximate surface area is 101 Å². The van der Waals surface area contributed by atoms with E-state index in [2.05, 4.69) is 6.92 Å². The van der Waals surface area contributed by atoms with Crippen LogP contribution in [0, 0.1) is 0 Å². The zero-order valence-electron chi connectivity index (χ0n) is 9.80. The quantitative estimate of drug-likeness (QED) is 0.661. The summed E-state index contributed by atoms with van der Waals surface area (Å²) < 4.78 is 0. The summed E-state index contributed by atoms with van der Waals surface area (Å²) >= 11 is 0. The fraction of sp³-hybridized carbons (Fsp3) is 0.143. The lowest BCUT2D eigenvalue weighted by molar-refractivity contribution is 0.475. The molecule has 0 atom stereocenters. The SMILES string of the molecule is CCc1ccc(O)cc1.Nc1cccc(O)c1. The van der Waals surface area contributed by atoms with Crippen LogP contribution in [-0.4, -0.2) is 10.2 Å².